The van der Waals surface area contributed by atoms with E-state index in [0.29, 0.717) is 44.6 Å². The van der Waals surface area contributed by atoms with Crippen molar-refractivity contribution in [3.8, 4) is 0 Å². The van der Waals surface area contributed by atoms with E-state index in [4.69, 9.17) is 4.74 Å². The lowest BCUT2D eigenvalue weighted by Gasteiger charge is -2.37. The molecule has 0 N–H and O–H groups in total. The summed E-state index contributed by atoms with van der Waals surface area (Å²) in [6.07, 6.45) is 1.07. The summed E-state index contributed by atoms with van der Waals surface area (Å²) < 4.78 is 6.74. The quantitative estimate of drug-likeness (QED) is 0.587. The molecule has 2 aliphatic rings. The first-order valence-corrected chi connectivity index (χ1v) is 11.6. The van der Waals surface area contributed by atoms with Crippen LogP contribution in [0.25, 0.3) is 0 Å². The van der Waals surface area contributed by atoms with Crippen LogP contribution in [-0.2, 0) is 16.7 Å². The number of piperidine rings is 1. The highest BCUT2D eigenvalue weighted by molar-refractivity contribution is 9.10. The number of carbonyl (C=O) groups excluding carboxylic acids is 2. The molecule has 2 aliphatic heterocycles. The van der Waals surface area contributed by atoms with Crippen molar-refractivity contribution >= 4 is 27.9 Å². The molecule has 2 aromatic rings. The van der Waals surface area contributed by atoms with Crippen LogP contribution in [0.1, 0.15) is 55.1 Å². The molecular weight excluding hydrogens is 456 g/mol. The van der Waals surface area contributed by atoms with Crippen molar-refractivity contribution in [3.05, 3.63) is 69.7 Å². The van der Waals surface area contributed by atoms with Crippen LogP contribution in [-0.4, -0.2) is 47.0 Å². The molecule has 6 heteroatoms. The maximum Gasteiger partial charge on any atom is 0.410 e. The van der Waals surface area contributed by atoms with Gasteiger partial charge in [0.15, 0.2) is 0 Å². The summed E-state index contributed by atoms with van der Waals surface area (Å²) in [5, 5.41) is 0. The number of hydrogen-bond donors (Lipinski definition) is 0. The molecule has 31 heavy (non-hydrogen) atoms. The minimum Gasteiger partial charge on any atom is -0.441 e. The molecule has 5 nitrogen and oxygen atoms in total. The average molecular weight is 485 g/mol. The number of amides is 2. The Kier molecular flexibility index (Phi) is 5.86. The van der Waals surface area contributed by atoms with Crippen LogP contribution in [0.4, 0.5) is 4.79 Å². The summed E-state index contributed by atoms with van der Waals surface area (Å²) in [5.74, 6) is 0.0243. The van der Waals surface area contributed by atoms with Gasteiger partial charge in [-0.15, -0.1) is 0 Å². The van der Waals surface area contributed by atoms with Gasteiger partial charge in [-0.2, -0.15) is 0 Å². The number of ether oxygens (including phenoxy) is 1. The zero-order valence-corrected chi connectivity index (χ0v) is 19.9. The molecule has 1 spiro atoms. The van der Waals surface area contributed by atoms with E-state index in [9.17, 15) is 9.59 Å². The monoisotopic (exact) mass is 484 g/mol. The van der Waals surface area contributed by atoms with Crippen LogP contribution in [0, 0.1) is 0 Å². The van der Waals surface area contributed by atoms with Gasteiger partial charge in [-0.1, -0.05) is 67.0 Å². The molecule has 0 atom stereocenters. The molecule has 2 heterocycles. The third kappa shape index (κ3) is 4.79. The van der Waals surface area contributed by atoms with Crippen LogP contribution in [0.15, 0.2) is 53.0 Å². The molecule has 2 fully saturated rings. The molecule has 2 aromatic carbocycles. The summed E-state index contributed by atoms with van der Waals surface area (Å²) in [6.45, 7) is 8.88. The topological polar surface area (TPSA) is 49.9 Å². The number of likely N-dealkylation sites (tertiary alicyclic amines) is 1. The highest BCUT2D eigenvalue weighted by Crippen LogP contribution is 2.34. The maximum absolute atomic E-state index is 12.8. The first-order valence-electron chi connectivity index (χ1n) is 10.8. The Labute approximate surface area is 192 Å². The third-order valence-corrected chi connectivity index (χ3v) is 6.76. The van der Waals surface area contributed by atoms with E-state index in [2.05, 4.69) is 61.0 Å². The molecule has 0 aromatic heterocycles. The first kappa shape index (κ1) is 21.9. The fraction of sp³-hybridized carbons (Fsp3) is 0.440. The minimum atomic E-state index is -0.490. The van der Waals surface area contributed by atoms with Crippen LogP contribution in [0.3, 0.4) is 0 Å². The number of nitrogens with zero attached hydrogens (tertiary/aromatic N) is 2. The smallest absolute Gasteiger partial charge is 0.410 e. The second-order valence-electron chi connectivity index (χ2n) is 9.66. The molecule has 0 unspecified atom stereocenters. The van der Waals surface area contributed by atoms with Gasteiger partial charge in [0.2, 0.25) is 0 Å². The van der Waals surface area contributed by atoms with E-state index in [-0.39, 0.29) is 17.4 Å². The van der Waals surface area contributed by atoms with E-state index >= 15 is 0 Å². The highest BCUT2D eigenvalue weighted by atomic mass is 79.9. The lowest BCUT2D eigenvalue weighted by molar-refractivity contribution is 0.00313. The van der Waals surface area contributed by atoms with Crippen LogP contribution < -0.4 is 0 Å². The average Bonchev–Trinajstić information content (AvgIpc) is 3.02. The van der Waals surface area contributed by atoms with E-state index in [1.54, 1.807) is 4.90 Å². The van der Waals surface area contributed by atoms with E-state index in [1.807, 2.05) is 29.2 Å². The lowest BCUT2D eigenvalue weighted by Crippen LogP contribution is -2.48. The number of halogens is 1. The minimum absolute atomic E-state index is 0.0243. The fourth-order valence-corrected chi connectivity index (χ4v) is 4.73. The van der Waals surface area contributed by atoms with Crippen molar-refractivity contribution < 1.29 is 14.3 Å². The number of rotatable bonds is 3. The predicted octanol–water partition coefficient (Wildman–Crippen LogP) is 5.37. The van der Waals surface area contributed by atoms with Crippen LogP contribution in [0.5, 0.6) is 0 Å². The SMILES string of the molecule is CC(C)(C)c1ccc(CN2CC3(CCN(C(=O)c4cccc(Br)c4)CC3)OC2=O)cc1. The van der Waals surface area contributed by atoms with Crippen molar-refractivity contribution in [3.63, 3.8) is 0 Å². The van der Waals surface area contributed by atoms with Gasteiger partial charge in [-0.05, 0) is 34.7 Å². The molecule has 0 aliphatic carbocycles. The maximum atomic E-state index is 12.8. The Balaban J connectivity index is 1.36. The van der Waals surface area contributed by atoms with Gasteiger partial charge in [0, 0.05) is 42.5 Å². The third-order valence-electron chi connectivity index (χ3n) is 6.27. The molecule has 4 rings (SSSR count). The Morgan fingerprint density at radius 1 is 1.10 bits per heavy atom. The largest absolute Gasteiger partial charge is 0.441 e. The summed E-state index contributed by atoms with van der Waals surface area (Å²) in [6, 6.07) is 15.9. The van der Waals surface area contributed by atoms with Gasteiger partial charge in [-0.3, -0.25) is 9.69 Å². The van der Waals surface area contributed by atoms with Crippen LogP contribution >= 0.6 is 15.9 Å². The van der Waals surface area contributed by atoms with Crippen molar-refractivity contribution in [1.82, 2.24) is 9.80 Å². The second-order valence-corrected chi connectivity index (χ2v) is 10.6. The van der Waals surface area contributed by atoms with E-state index in [1.165, 1.54) is 5.56 Å². The molecule has 0 saturated carbocycles. The van der Waals surface area contributed by atoms with Gasteiger partial charge < -0.3 is 9.64 Å². The van der Waals surface area contributed by atoms with Gasteiger partial charge >= 0.3 is 6.09 Å². The second kappa shape index (κ2) is 8.30. The van der Waals surface area contributed by atoms with Crippen molar-refractivity contribution in [2.75, 3.05) is 19.6 Å². The zero-order valence-electron chi connectivity index (χ0n) is 18.4. The Morgan fingerprint density at radius 3 is 2.39 bits per heavy atom. The highest BCUT2D eigenvalue weighted by Gasteiger charge is 2.47. The summed E-state index contributed by atoms with van der Waals surface area (Å²) >= 11 is 3.42. The van der Waals surface area contributed by atoms with Gasteiger partial charge in [0.25, 0.3) is 5.91 Å². The first-order chi connectivity index (χ1) is 14.7. The van der Waals surface area contributed by atoms with Gasteiger partial charge in [-0.25, -0.2) is 4.79 Å². The summed E-state index contributed by atoms with van der Waals surface area (Å²) in [7, 11) is 0. The Bertz CT molecular complexity index is 973. The van der Waals surface area contributed by atoms with E-state index < -0.39 is 5.60 Å². The van der Waals surface area contributed by atoms with Crippen molar-refractivity contribution in [1.29, 1.82) is 0 Å². The Morgan fingerprint density at radius 2 is 1.77 bits per heavy atom. The van der Waals surface area contributed by atoms with Gasteiger partial charge in [0.05, 0.1) is 6.54 Å². The number of benzene rings is 2. The predicted molar refractivity (Wildman–Crippen MR) is 124 cm³/mol. The van der Waals surface area contributed by atoms with Crippen molar-refractivity contribution in [2.45, 2.75) is 51.2 Å². The standard InChI is InChI=1S/C25H29BrN2O3/c1-24(2,3)20-9-7-18(8-10-20)16-28-17-25(31-23(28)30)11-13-27(14-12-25)22(29)19-5-4-6-21(26)15-19/h4-10,15H,11-14,16-17H2,1-3H3. The molecule has 2 amide bonds. The van der Waals surface area contributed by atoms with Gasteiger partial charge in [0.1, 0.15) is 5.60 Å². The molecule has 2 saturated heterocycles. The molecule has 0 radical (unpaired) electrons. The lowest BCUT2D eigenvalue weighted by atomic mass is 9.86. The van der Waals surface area contributed by atoms with E-state index in [0.717, 1.165) is 10.0 Å². The number of hydrogen-bond acceptors (Lipinski definition) is 3. The van der Waals surface area contributed by atoms with Crippen LogP contribution in [0.2, 0.25) is 0 Å². The summed E-state index contributed by atoms with van der Waals surface area (Å²) in [5.41, 5.74) is 2.67. The number of carbonyl (C=O) groups is 2. The zero-order chi connectivity index (χ0) is 22.2. The normalized spacial score (nSPS) is 18.4. The molecular formula is C25H29BrN2O3. The summed E-state index contributed by atoms with van der Waals surface area (Å²) in [4.78, 5) is 29.0. The fourth-order valence-electron chi connectivity index (χ4n) is 4.33. The molecule has 0 bridgehead atoms. The van der Waals surface area contributed by atoms with Crippen molar-refractivity contribution in [2.24, 2.45) is 0 Å². The molecule has 164 valence electrons. The Hall–Kier alpha value is -2.34.